The van der Waals surface area contributed by atoms with Crippen molar-refractivity contribution in [2.75, 3.05) is 0 Å². The Kier molecular flexibility index (Phi) is 2.33. The van der Waals surface area contributed by atoms with Gasteiger partial charge in [-0.05, 0) is 6.08 Å². The molecule has 0 unspecified atom stereocenters. The molecule has 0 saturated carbocycles. The molecule has 1 rings (SSSR count). The highest BCUT2D eigenvalue weighted by atomic mass is 35.5. The Bertz CT molecular complexity index is 177. The van der Waals surface area contributed by atoms with Crippen molar-refractivity contribution < 1.29 is 0 Å². The summed E-state index contributed by atoms with van der Waals surface area (Å²) in [5.41, 5.74) is 0. The minimum absolute atomic E-state index is 0.282. The average Bonchev–Trinajstić information content (AvgIpc) is 1.59. The fourth-order valence-corrected chi connectivity index (χ4v) is 1.42. The first-order valence-electron chi connectivity index (χ1n) is 2.33. The van der Waals surface area contributed by atoms with E-state index in [0.717, 1.165) is 0 Å². The topological polar surface area (TPSA) is 12.0 Å². The number of hydrogen-bond acceptors (Lipinski definition) is 1. The molecule has 0 fully saturated rings. The first kappa shape index (κ1) is 7.32. The largest absolute Gasteiger partial charge is 0.402 e. The van der Waals surface area contributed by atoms with Crippen molar-refractivity contribution >= 4 is 40.9 Å². The maximum Gasteiger partial charge on any atom is 0.387 e. The minimum atomic E-state index is -0.282. The average molecular weight is 182 g/mol. The number of rotatable bonds is 0. The Hall–Kier alpha value is 0.215. The zero-order chi connectivity index (χ0) is 6.85. The molecule has 0 atom stereocenters. The monoisotopic (exact) mass is 181 g/mol. The van der Waals surface area contributed by atoms with Gasteiger partial charge in [0.05, 0.1) is 5.16 Å². The lowest BCUT2D eigenvalue weighted by molar-refractivity contribution is 1.29. The summed E-state index contributed by atoms with van der Waals surface area (Å²) in [6.07, 6.45) is 1.32. The lowest BCUT2D eigenvalue weighted by Crippen LogP contribution is -2.26. The summed E-state index contributed by atoms with van der Waals surface area (Å²) in [6.45, 7) is 0. The molecule has 0 radical (unpaired) electrons. The third-order valence-electron chi connectivity index (χ3n) is 0.846. The third kappa shape index (κ3) is 2.13. The van der Waals surface area contributed by atoms with Crippen molar-refractivity contribution in [2.45, 2.75) is 0 Å². The molecule has 0 spiro atoms. The van der Waals surface area contributed by atoms with Gasteiger partial charge in [0.15, 0.2) is 0 Å². The van der Waals surface area contributed by atoms with E-state index in [1.54, 1.807) is 12.1 Å². The van der Waals surface area contributed by atoms with Crippen molar-refractivity contribution in [2.24, 2.45) is 0 Å². The van der Waals surface area contributed by atoms with Gasteiger partial charge in [0, 0.05) is 5.03 Å². The molecule has 1 nitrogen and oxygen atoms in total. The van der Waals surface area contributed by atoms with Crippen LogP contribution in [0.3, 0.4) is 0 Å². The van der Waals surface area contributed by atoms with Crippen molar-refractivity contribution in [3.63, 3.8) is 0 Å². The minimum Gasteiger partial charge on any atom is -0.402 e. The van der Waals surface area contributed by atoms with Crippen molar-refractivity contribution in [3.8, 4) is 0 Å². The molecule has 48 valence electrons. The Morgan fingerprint density at radius 3 is 2.56 bits per heavy atom. The van der Waals surface area contributed by atoms with Gasteiger partial charge in [-0.3, -0.25) is 0 Å². The van der Waals surface area contributed by atoms with Crippen LogP contribution in [0.1, 0.15) is 0 Å². The predicted octanol–water partition coefficient (Wildman–Crippen LogP) is 2.06. The van der Waals surface area contributed by atoms with Crippen molar-refractivity contribution in [3.05, 3.63) is 22.2 Å². The van der Waals surface area contributed by atoms with Crippen LogP contribution in [0.2, 0.25) is 0 Å². The third-order valence-corrected chi connectivity index (χ3v) is 1.53. The van der Waals surface area contributed by atoms with E-state index in [9.17, 15) is 0 Å². The Balaban J connectivity index is 2.74. The van der Waals surface area contributed by atoms with Crippen LogP contribution in [0, 0.1) is 0 Å². The van der Waals surface area contributed by atoms with Crippen molar-refractivity contribution in [1.82, 2.24) is 5.23 Å². The maximum atomic E-state index is 5.61. The lowest BCUT2D eigenvalue weighted by atomic mass is 9.90. The van der Waals surface area contributed by atoms with Gasteiger partial charge >= 0.3 is 6.26 Å². The normalized spacial score (nSPS) is 18.3. The second-order valence-electron chi connectivity index (χ2n) is 1.59. The molecule has 1 heterocycles. The Labute approximate surface area is 68.7 Å². The van der Waals surface area contributed by atoms with Crippen LogP contribution in [0.5, 0.6) is 0 Å². The number of hydrogen-bond donors (Lipinski definition) is 1. The van der Waals surface area contributed by atoms with Gasteiger partial charge in [-0.2, -0.15) is 11.5 Å². The molecule has 0 aromatic rings. The SMILES string of the molecule is ClB1C=C(Cl)C=C(Cl)N1. The van der Waals surface area contributed by atoms with Crippen LogP contribution in [-0.4, -0.2) is 6.26 Å². The second kappa shape index (κ2) is 2.87. The van der Waals surface area contributed by atoms with Gasteiger partial charge in [0.25, 0.3) is 0 Å². The fourth-order valence-electron chi connectivity index (χ4n) is 0.524. The molecule has 0 saturated heterocycles. The summed E-state index contributed by atoms with van der Waals surface area (Å²) in [5, 5.41) is 3.78. The van der Waals surface area contributed by atoms with Crippen molar-refractivity contribution in [1.29, 1.82) is 0 Å². The summed E-state index contributed by atoms with van der Waals surface area (Å²) < 4.78 is 0. The Morgan fingerprint density at radius 2 is 2.11 bits per heavy atom. The van der Waals surface area contributed by atoms with Gasteiger partial charge in [-0.25, -0.2) is 0 Å². The summed E-state index contributed by atoms with van der Waals surface area (Å²) in [7, 11) is 0. The predicted molar refractivity (Wildman–Crippen MR) is 42.6 cm³/mol. The summed E-state index contributed by atoms with van der Waals surface area (Å²) >= 11 is 16.7. The van der Waals surface area contributed by atoms with Gasteiger partial charge in [-0.1, -0.05) is 29.2 Å². The zero-order valence-corrected chi connectivity index (χ0v) is 6.63. The van der Waals surface area contributed by atoms with E-state index in [2.05, 4.69) is 5.23 Å². The molecular weight excluding hydrogens is 179 g/mol. The van der Waals surface area contributed by atoms with Crippen LogP contribution in [0.15, 0.2) is 22.2 Å². The van der Waals surface area contributed by atoms with Crippen LogP contribution in [-0.2, 0) is 0 Å². The highest BCUT2D eigenvalue weighted by molar-refractivity contribution is 7.09. The molecule has 1 N–H and O–H groups in total. The van der Waals surface area contributed by atoms with Gasteiger partial charge in [-0.15, -0.1) is 0 Å². The van der Waals surface area contributed by atoms with Gasteiger partial charge in [0.2, 0.25) is 0 Å². The first-order valence-corrected chi connectivity index (χ1v) is 3.53. The van der Waals surface area contributed by atoms with E-state index in [1.165, 1.54) is 0 Å². The van der Waals surface area contributed by atoms with E-state index in [1.807, 2.05) is 0 Å². The number of nitrogens with one attached hydrogen (secondary N) is 1. The van der Waals surface area contributed by atoms with E-state index >= 15 is 0 Å². The van der Waals surface area contributed by atoms with E-state index < -0.39 is 0 Å². The van der Waals surface area contributed by atoms with Crippen LogP contribution in [0.4, 0.5) is 0 Å². The van der Waals surface area contributed by atoms with Crippen LogP contribution >= 0.6 is 34.7 Å². The summed E-state index contributed by atoms with van der Waals surface area (Å²) in [4.78, 5) is 0. The second-order valence-corrected chi connectivity index (χ2v) is 2.90. The van der Waals surface area contributed by atoms with Crippen LogP contribution in [0.25, 0.3) is 0 Å². The molecule has 5 heteroatoms. The van der Waals surface area contributed by atoms with Gasteiger partial charge < -0.3 is 5.23 Å². The summed E-state index contributed by atoms with van der Waals surface area (Å²) in [6, 6.07) is 0. The van der Waals surface area contributed by atoms with E-state index in [0.29, 0.717) is 10.2 Å². The number of allylic oxidation sites excluding steroid dienone is 2. The molecule has 0 aromatic carbocycles. The molecule has 1 aliphatic rings. The number of halogens is 3. The first-order chi connectivity index (χ1) is 4.18. The molecule has 0 aliphatic carbocycles. The standard InChI is InChI=1S/C4H3BCl3N/c6-3-1-4(7)9-5(8)2-3/h1-2,9H. The Morgan fingerprint density at radius 1 is 1.44 bits per heavy atom. The molecular formula is C4H3BCl3N. The van der Waals surface area contributed by atoms with Gasteiger partial charge in [0.1, 0.15) is 0 Å². The fraction of sp³-hybridized carbons (Fsp3) is 0. The molecule has 0 bridgehead atoms. The van der Waals surface area contributed by atoms with Crippen LogP contribution < -0.4 is 5.23 Å². The summed E-state index contributed by atoms with van der Waals surface area (Å²) in [5.74, 6) is 1.66. The maximum absolute atomic E-state index is 5.61. The van der Waals surface area contributed by atoms with E-state index in [-0.39, 0.29) is 6.26 Å². The lowest BCUT2D eigenvalue weighted by Gasteiger charge is -2.09. The molecule has 1 aliphatic heterocycles. The molecule has 9 heavy (non-hydrogen) atoms. The highest BCUT2D eigenvalue weighted by Gasteiger charge is 2.12. The zero-order valence-electron chi connectivity index (χ0n) is 4.37. The molecule has 0 amide bonds. The van der Waals surface area contributed by atoms with E-state index in [4.69, 9.17) is 34.7 Å². The molecule has 0 aromatic heterocycles. The highest BCUT2D eigenvalue weighted by Crippen LogP contribution is 2.15. The smallest absolute Gasteiger partial charge is 0.387 e. The quantitative estimate of drug-likeness (QED) is 0.446.